The Morgan fingerprint density at radius 2 is 1.61 bits per heavy atom. The molecule has 0 aliphatic carbocycles. The van der Waals surface area contributed by atoms with Gasteiger partial charge < -0.3 is 5.73 Å². The number of benzene rings is 2. The van der Waals surface area contributed by atoms with Crippen LogP contribution in [0, 0.1) is 17.5 Å². The van der Waals surface area contributed by atoms with E-state index in [-0.39, 0.29) is 15.6 Å². The van der Waals surface area contributed by atoms with Gasteiger partial charge in [0, 0.05) is 11.1 Å². The minimum Gasteiger partial charge on any atom is -0.320 e. The van der Waals surface area contributed by atoms with Crippen LogP contribution in [-0.2, 0) is 0 Å². The SMILES string of the molecule is NC(c1ccccc1F)c1c(F)ccc(Br)c1F. The van der Waals surface area contributed by atoms with Crippen LogP contribution in [0.25, 0.3) is 0 Å². The summed E-state index contributed by atoms with van der Waals surface area (Å²) in [7, 11) is 0. The highest BCUT2D eigenvalue weighted by atomic mass is 79.9. The second-order valence-electron chi connectivity index (χ2n) is 3.76. The van der Waals surface area contributed by atoms with Crippen LogP contribution in [0.15, 0.2) is 40.9 Å². The van der Waals surface area contributed by atoms with E-state index in [1.807, 2.05) is 0 Å². The standard InChI is InChI=1S/C13H9BrF3N/c14-8-5-6-10(16)11(12(8)17)13(18)7-3-1-2-4-9(7)15/h1-6,13H,18H2. The fraction of sp³-hybridized carbons (Fsp3) is 0.0769. The molecule has 0 aliphatic rings. The second kappa shape index (κ2) is 5.12. The van der Waals surface area contributed by atoms with E-state index in [1.54, 1.807) is 6.07 Å². The van der Waals surface area contributed by atoms with Gasteiger partial charge in [0.2, 0.25) is 0 Å². The van der Waals surface area contributed by atoms with Crippen molar-refractivity contribution in [3.63, 3.8) is 0 Å². The van der Waals surface area contributed by atoms with Gasteiger partial charge in [-0.1, -0.05) is 18.2 Å². The minimum atomic E-state index is -1.19. The maximum Gasteiger partial charge on any atom is 0.145 e. The number of halogens is 4. The number of hydrogen-bond acceptors (Lipinski definition) is 1. The van der Waals surface area contributed by atoms with Gasteiger partial charge in [0.25, 0.3) is 0 Å². The van der Waals surface area contributed by atoms with E-state index in [1.165, 1.54) is 24.3 Å². The van der Waals surface area contributed by atoms with Crippen LogP contribution in [-0.4, -0.2) is 0 Å². The smallest absolute Gasteiger partial charge is 0.145 e. The molecule has 0 aliphatic heterocycles. The topological polar surface area (TPSA) is 26.0 Å². The Labute approximate surface area is 111 Å². The molecule has 0 aromatic heterocycles. The fourth-order valence-electron chi connectivity index (χ4n) is 1.71. The summed E-state index contributed by atoms with van der Waals surface area (Å²) in [5.41, 5.74) is 5.44. The normalized spacial score (nSPS) is 12.5. The number of hydrogen-bond donors (Lipinski definition) is 1. The summed E-state index contributed by atoms with van der Waals surface area (Å²) >= 11 is 2.95. The first-order chi connectivity index (χ1) is 8.52. The van der Waals surface area contributed by atoms with Crippen molar-refractivity contribution >= 4 is 15.9 Å². The van der Waals surface area contributed by atoms with Gasteiger partial charge in [0.05, 0.1) is 10.5 Å². The molecule has 0 radical (unpaired) electrons. The fourth-order valence-corrected chi connectivity index (χ4v) is 2.06. The molecule has 2 N–H and O–H groups in total. The highest BCUT2D eigenvalue weighted by Crippen LogP contribution is 2.30. The molecule has 5 heteroatoms. The van der Waals surface area contributed by atoms with Crippen LogP contribution in [0.3, 0.4) is 0 Å². The largest absolute Gasteiger partial charge is 0.320 e. The van der Waals surface area contributed by atoms with Crippen molar-refractivity contribution in [2.75, 3.05) is 0 Å². The van der Waals surface area contributed by atoms with Gasteiger partial charge in [-0.15, -0.1) is 0 Å². The third-order valence-corrected chi connectivity index (χ3v) is 3.24. The molecule has 2 rings (SSSR count). The molecule has 2 aromatic rings. The molecule has 0 amide bonds. The summed E-state index contributed by atoms with van der Waals surface area (Å²) in [6.45, 7) is 0. The molecule has 18 heavy (non-hydrogen) atoms. The molecule has 0 spiro atoms. The van der Waals surface area contributed by atoms with E-state index in [9.17, 15) is 13.2 Å². The van der Waals surface area contributed by atoms with Gasteiger partial charge >= 0.3 is 0 Å². The van der Waals surface area contributed by atoms with E-state index in [4.69, 9.17) is 5.73 Å². The van der Waals surface area contributed by atoms with Gasteiger partial charge in [-0.3, -0.25) is 0 Å². The highest BCUT2D eigenvalue weighted by Gasteiger charge is 2.22. The first-order valence-electron chi connectivity index (χ1n) is 5.15. The van der Waals surface area contributed by atoms with Crippen molar-refractivity contribution in [1.82, 2.24) is 0 Å². The lowest BCUT2D eigenvalue weighted by Crippen LogP contribution is -2.17. The summed E-state index contributed by atoms with van der Waals surface area (Å²) in [4.78, 5) is 0. The zero-order valence-corrected chi connectivity index (χ0v) is 10.7. The van der Waals surface area contributed by atoms with Gasteiger partial charge in [-0.2, -0.15) is 0 Å². The van der Waals surface area contributed by atoms with Crippen LogP contribution < -0.4 is 5.73 Å². The van der Waals surface area contributed by atoms with Crippen LogP contribution in [0.1, 0.15) is 17.2 Å². The minimum absolute atomic E-state index is 0.0494. The zero-order chi connectivity index (χ0) is 13.3. The van der Waals surface area contributed by atoms with Crippen LogP contribution in [0.2, 0.25) is 0 Å². The average Bonchev–Trinajstić information content (AvgIpc) is 2.35. The van der Waals surface area contributed by atoms with Crippen LogP contribution in [0.4, 0.5) is 13.2 Å². The second-order valence-corrected chi connectivity index (χ2v) is 4.61. The predicted molar refractivity (Wildman–Crippen MR) is 66.5 cm³/mol. The van der Waals surface area contributed by atoms with Gasteiger partial charge in [0.1, 0.15) is 17.5 Å². The summed E-state index contributed by atoms with van der Waals surface area (Å²) < 4.78 is 41.1. The Balaban J connectivity index is 2.56. The molecule has 0 fully saturated rings. The maximum atomic E-state index is 13.8. The molecular formula is C13H9BrF3N. The Morgan fingerprint density at radius 1 is 0.944 bits per heavy atom. The van der Waals surface area contributed by atoms with Gasteiger partial charge in [0.15, 0.2) is 0 Å². The highest BCUT2D eigenvalue weighted by molar-refractivity contribution is 9.10. The Hall–Kier alpha value is -1.33. The van der Waals surface area contributed by atoms with Crippen molar-refractivity contribution in [2.24, 2.45) is 5.73 Å². The maximum absolute atomic E-state index is 13.8. The summed E-state index contributed by atoms with van der Waals surface area (Å²) in [5, 5.41) is 0. The molecule has 0 saturated carbocycles. The Kier molecular flexibility index (Phi) is 3.73. The Bertz CT molecular complexity index is 586. The quantitative estimate of drug-likeness (QED) is 0.835. The molecular weight excluding hydrogens is 307 g/mol. The number of rotatable bonds is 2. The molecule has 94 valence electrons. The molecule has 1 nitrogen and oxygen atoms in total. The Morgan fingerprint density at radius 3 is 2.28 bits per heavy atom. The van der Waals surface area contributed by atoms with Crippen LogP contribution in [0.5, 0.6) is 0 Å². The lowest BCUT2D eigenvalue weighted by Gasteiger charge is -2.15. The van der Waals surface area contributed by atoms with Crippen molar-refractivity contribution in [1.29, 1.82) is 0 Å². The predicted octanol–water partition coefficient (Wildman–Crippen LogP) is 3.91. The summed E-state index contributed by atoms with van der Waals surface area (Å²) in [5.74, 6) is -2.21. The molecule has 1 unspecified atom stereocenters. The first kappa shape index (κ1) is 13.1. The number of nitrogens with two attached hydrogens (primary N) is 1. The van der Waals surface area contributed by atoms with Crippen molar-refractivity contribution in [2.45, 2.75) is 6.04 Å². The third-order valence-electron chi connectivity index (χ3n) is 2.63. The van der Waals surface area contributed by atoms with E-state index in [2.05, 4.69) is 15.9 Å². The third kappa shape index (κ3) is 2.28. The van der Waals surface area contributed by atoms with Crippen LogP contribution >= 0.6 is 15.9 Å². The molecule has 0 bridgehead atoms. The lowest BCUT2D eigenvalue weighted by molar-refractivity contribution is 0.529. The average molecular weight is 316 g/mol. The lowest BCUT2D eigenvalue weighted by atomic mass is 9.98. The summed E-state index contributed by atoms with van der Waals surface area (Å²) in [6.07, 6.45) is 0. The molecule has 2 aromatic carbocycles. The first-order valence-corrected chi connectivity index (χ1v) is 5.95. The van der Waals surface area contributed by atoms with E-state index < -0.39 is 23.5 Å². The van der Waals surface area contributed by atoms with Gasteiger partial charge in [-0.25, -0.2) is 13.2 Å². The van der Waals surface area contributed by atoms with Crippen molar-refractivity contribution in [3.8, 4) is 0 Å². The molecule has 0 saturated heterocycles. The van der Waals surface area contributed by atoms with E-state index in [0.717, 1.165) is 6.07 Å². The van der Waals surface area contributed by atoms with E-state index >= 15 is 0 Å². The van der Waals surface area contributed by atoms with Gasteiger partial charge in [-0.05, 0) is 34.1 Å². The summed E-state index contributed by atoms with van der Waals surface area (Å²) in [6, 6.07) is 6.78. The van der Waals surface area contributed by atoms with Crippen molar-refractivity contribution in [3.05, 3.63) is 69.4 Å². The zero-order valence-electron chi connectivity index (χ0n) is 9.13. The monoisotopic (exact) mass is 315 g/mol. The van der Waals surface area contributed by atoms with Crippen molar-refractivity contribution < 1.29 is 13.2 Å². The molecule has 0 heterocycles. The molecule has 1 atom stereocenters. The van der Waals surface area contributed by atoms with E-state index in [0.29, 0.717) is 0 Å².